The average Bonchev–Trinajstić information content (AvgIpc) is 3.37. The first-order valence-electron chi connectivity index (χ1n) is 31.2. The predicted octanol–water partition coefficient (Wildman–Crippen LogP) is 18.6. The van der Waals surface area contributed by atoms with Crippen molar-refractivity contribution in [2.24, 2.45) is 0 Å². The molecule has 0 aromatic carbocycles. The van der Waals surface area contributed by atoms with Crippen LogP contribution in [0.2, 0.25) is 0 Å². The number of nitrogens with zero attached hydrogens (tertiary/aromatic N) is 1. The van der Waals surface area contributed by atoms with Gasteiger partial charge >= 0.3 is 5.97 Å². The second-order valence-corrected chi connectivity index (χ2v) is 23.6. The predicted molar refractivity (Wildman–Crippen MR) is 321 cm³/mol. The van der Waals surface area contributed by atoms with Gasteiger partial charge in [0.2, 0.25) is 5.91 Å². The van der Waals surface area contributed by atoms with E-state index in [-0.39, 0.29) is 24.9 Å². The van der Waals surface area contributed by atoms with Gasteiger partial charge in [-0.05, 0) is 102 Å². The molecule has 75 heavy (non-hydrogen) atoms. The van der Waals surface area contributed by atoms with Crippen LogP contribution in [0.3, 0.4) is 0 Å². The van der Waals surface area contributed by atoms with Gasteiger partial charge in [0.15, 0.2) is 0 Å². The number of esters is 1. The van der Waals surface area contributed by atoms with E-state index in [1.54, 1.807) is 0 Å². The number of amides is 1. The zero-order valence-corrected chi connectivity index (χ0v) is 50.6. The van der Waals surface area contributed by atoms with Crippen molar-refractivity contribution in [1.82, 2.24) is 5.32 Å². The maximum absolute atomic E-state index is 13.5. The van der Waals surface area contributed by atoms with E-state index in [0.29, 0.717) is 23.9 Å². The quantitative estimate of drug-likeness (QED) is 0.0212. The first-order valence-corrected chi connectivity index (χ1v) is 32.7. The van der Waals surface area contributed by atoms with Crippen molar-refractivity contribution in [2.75, 3.05) is 40.9 Å². The summed E-state index contributed by atoms with van der Waals surface area (Å²) in [7, 11) is 1.17. The molecule has 0 aliphatic carbocycles. The number of ether oxygens (including phenoxy) is 1. The largest absolute Gasteiger partial charge is 0.756 e. The lowest BCUT2D eigenvalue weighted by Crippen LogP contribution is -2.47. The summed E-state index contributed by atoms with van der Waals surface area (Å²) in [5.41, 5.74) is 0. The maximum Gasteiger partial charge on any atom is 0.306 e. The molecule has 436 valence electrons. The molecule has 0 heterocycles. The molecule has 0 radical (unpaired) electrons. The number of hydrogen-bond donors (Lipinski definition) is 1. The highest BCUT2D eigenvalue weighted by molar-refractivity contribution is 7.45. The molecule has 10 heteroatoms. The summed E-state index contributed by atoms with van der Waals surface area (Å²) in [5, 5.41) is 3.01. The summed E-state index contributed by atoms with van der Waals surface area (Å²) in [6.45, 7) is 6.79. The minimum atomic E-state index is -4.70. The molecule has 3 unspecified atom stereocenters. The summed E-state index contributed by atoms with van der Waals surface area (Å²) >= 11 is 0. The Kier molecular flexibility index (Phi) is 52.9. The molecule has 1 N–H and O–H groups in total. The van der Waals surface area contributed by atoms with E-state index >= 15 is 0 Å². The van der Waals surface area contributed by atoms with Crippen molar-refractivity contribution < 1.29 is 37.3 Å². The number of rotatable bonds is 56. The van der Waals surface area contributed by atoms with Crippen molar-refractivity contribution >= 4 is 19.7 Å². The van der Waals surface area contributed by atoms with E-state index in [1.807, 2.05) is 33.3 Å². The monoisotopic (exact) mass is 1070 g/mol. The van der Waals surface area contributed by atoms with Gasteiger partial charge in [0, 0.05) is 12.8 Å². The van der Waals surface area contributed by atoms with Crippen molar-refractivity contribution in [3.05, 3.63) is 72.9 Å². The zero-order valence-electron chi connectivity index (χ0n) is 49.7. The highest BCUT2D eigenvalue weighted by atomic mass is 31.2. The lowest BCUT2D eigenvalue weighted by Gasteiger charge is -2.30. The van der Waals surface area contributed by atoms with Crippen LogP contribution >= 0.6 is 7.82 Å². The molecule has 9 nitrogen and oxygen atoms in total. The molecule has 0 saturated carbocycles. The van der Waals surface area contributed by atoms with Gasteiger partial charge < -0.3 is 28.5 Å². The van der Waals surface area contributed by atoms with Crippen LogP contribution in [0.4, 0.5) is 0 Å². The fourth-order valence-electron chi connectivity index (χ4n) is 8.74. The third-order valence-corrected chi connectivity index (χ3v) is 14.6. The van der Waals surface area contributed by atoms with Gasteiger partial charge in [-0.15, -0.1) is 0 Å². The van der Waals surface area contributed by atoms with Crippen LogP contribution in [-0.2, 0) is 27.9 Å². The smallest absolute Gasteiger partial charge is 0.306 e. The lowest BCUT2D eigenvalue weighted by atomic mass is 10.1. The Morgan fingerprint density at radius 1 is 0.467 bits per heavy atom. The van der Waals surface area contributed by atoms with Crippen molar-refractivity contribution in [1.29, 1.82) is 0 Å². The number of phosphoric acid groups is 1. The van der Waals surface area contributed by atoms with Gasteiger partial charge in [-0.3, -0.25) is 14.2 Å². The fraction of sp³-hybridized carbons (Fsp3) is 0.785. The van der Waals surface area contributed by atoms with Gasteiger partial charge in [-0.1, -0.05) is 235 Å². The SMILES string of the molecule is CCCCC/C=C\C/C=C\C/C=C\C/C=C\CCCCCCCCCCCC(=O)OC(/C=C\CCCCCCCCCCC)C(COP(=O)([O-])OCC[N+](C)(C)C)NC(=O)CCCCC/C=C\CCCCCCCC. The number of unbranched alkanes of at least 4 members (excludes halogenated alkanes) is 30. The lowest BCUT2D eigenvalue weighted by molar-refractivity contribution is -0.870. The Bertz CT molecular complexity index is 1510. The number of hydrogen-bond acceptors (Lipinski definition) is 7. The second-order valence-electron chi connectivity index (χ2n) is 22.2. The third kappa shape index (κ3) is 56.0. The molecule has 0 aromatic heterocycles. The molecule has 3 atom stereocenters. The molecule has 0 rings (SSSR count). The van der Waals surface area contributed by atoms with Crippen molar-refractivity contribution in [2.45, 2.75) is 290 Å². The van der Waals surface area contributed by atoms with E-state index < -0.39 is 26.6 Å². The average molecular weight is 1070 g/mol. The molecule has 0 bridgehead atoms. The number of nitrogens with one attached hydrogen (secondary N) is 1. The first kappa shape index (κ1) is 72.5. The number of likely N-dealkylation sites (N-methyl/N-ethyl adjacent to an activating group) is 1. The summed E-state index contributed by atoms with van der Waals surface area (Å²) in [6, 6.07) is -0.900. The van der Waals surface area contributed by atoms with Gasteiger partial charge in [-0.25, -0.2) is 0 Å². The summed E-state index contributed by atoms with van der Waals surface area (Å²) in [6.07, 6.45) is 70.2. The summed E-state index contributed by atoms with van der Waals surface area (Å²) in [4.78, 5) is 39.9. The van der Waals surface area contributed by atoms with Crippen LogP contribution in [0.1, 0.15) is 278 Å². The van der Waals surface area contributed by atoms with Crippen LogP contribution in [-0.4, -0.2) is 69.4 Å². The maximum atomic E-state index is 13.5. The molecule has 0 aliphatic rings. The van der Waals surface area contributed by atoms with Gasteiger partial charge in [0.05, 0.1) is 33.8 Å². The minimum Gasteiger partial charge on any atom is -0.756 e. The molecule has 0 fully saturated rings. The van der Waals surface area contributed by atoms with Gasteiger partial charge in [0.1, 0.15) is 19.3 Å². The third-order valence-electron chi connectivity index (χ3n) is 13.6. The Morgan fingerprint density at radius 2 is 0.813 bits per heavy atom. The summed E-state index contributed by atoms with van der Waals surface area (Å²) in [5.74, 6) is -0.566. The minimum absolute atomic E-state index is 0.0279. The molecule has 0 spiro atoms. The molecule has 0 aromatic rings. The van der Waals surface area contributed by atoms with Crippen molar-refractivity contribution in [3.63, 3.8) is 0 Å². The highest BCUT2D eigenvalue weighted by Gasteiger charge is 2.27. The van der Waals surface area contributed by atoms with E-state index in [2.05, 4.69) is 86.8 Å². The Morgan fingerprint density at radius 3 is 1.27 bits per heavy atom. The Balaban J connectivity index is 5.13. The zero-order chi connectivity index (χ0) is 55.0. The van der Waals surface area contributed by atoms with E-state index in [9.17, 15) is 19.0 Å². The topological polar surface area (TPSA) is 114 Å². The Hall–Kier alpha value is -2.55. The highest BCUT2D eigenvalue weighted by Crippen LogP contribution is 2.38. The van der Waals surface area contributed by atoms with Crippen LogP contribution in [0.15, 0.2) is 72.9 Å². The van der Waals surface area contributed by atoms with Crippen molar-refractivity contribution in [3.8, 4) is 0 Å². The molecule has 0 saturated heterocycles. The van der Waals surface area contributed by atoms with Crippen LogP contribution in [0.25, 0.3) is 0 Å². The fourth-order valence-corrected chi connectivity index (χ4v) is 9.46. The van der Waals surface area contributed by atoms with Crippen LogP contribution in [0, 0.1) is 0 Å². The molecular weight excluding hydrogens is 952 g/mol. The van der Waals surface area contributed by atoms with Crippen LogP contribution in [0.5, 0.6) is 0 Å². The van der Waals surface area contributed by atoms with E-state index in [1.165, 1.54) is 141 Å². The molecule has 1 amide bonds. The number of carbonyl (C=O) groups excluding carboxylic acids is 2. The number of carbonyl (C=O) groups is 2. The van der Waals surface area contributed by atoms with E-state index in [4.69, 9.17) is 13.8 Å². The van der Waals surface area contributed by atoms with Gasteiger partial charge in [0.25, 0.3) is 7.82 Å². The molecule has 0 aliphatic heterocycles. The van der Waals surface area contributed by atoms with E-state index in [0.717, 1.165) is 96.3 Å². The standard InChI is InChI=1S/C65H119N2O7P/c1-7-10-13-16-19-22-25-27-28-29-30-31-32-33-34-35-36-37-38-40-43-46-49-52-55-58-65(69)74-63(56-53-50-47-44-41-24-21-18-15-12-9-3)62(61-73-75(70,71)72-60-59-67(4,5)6)66-64(68)57-54-51-48-45-42-39-26-23-20-17-14-11-8-2/h19,22,27-28,30-31,33-34,39,42,53,56,62-63H,7-18,20-21,23-26,29,32,35-38,40-41,43-52,54-55,57-61H2,1-6H3,(H-,66,68,70,71)/b22-19-,28-27-,31-30-,34-33-,42-39-,56-53-. The second kappa shape index (κ2) is 54.8. The number of allylic oxidation sites excluding steroid dienone is 11. The summed E-state index contributed by atoms with van der Waals surface area (Å²) < 4.78 is 30.3. The first-order chi connectivity index (χ1) is 36.4. The van der Waals surface area contributed by atoms with Crippen LogP contribution < -0.4 is 10.2 Å². The number of quaternary nitrogens is 1. The van der Waals surface area contributed by atoms with Gasteiger partial charge in [-0.2, -0.15) is 0 Å². The normalized spacial score (nSPS) is 14.2. The Labute approximate surface area is 463 Å². The number of phosphoric ester groups is 1. The molecular formula is C65H119N2O7P.